The highest BCUT2D eigenvalue weighted by atomic mass is 35.5. The summed E-state index contributed by atoms with van der Waals surface area (Å²) in [5.74, 6) is 0.832. The summed E-state index contributed by atoms with van der Waals surface area (Å²) < 4.78 is 0. The third-order valence-electron chi connectivity index (χ3n) is 5.90. The highest BCUT2D eigenvalue weighted by Gasteiger charge is 2.49. The van der Waals surface area contributed by atoms with Gasteiger partial charge in [0.25, 0.3) is 5.91 Å². The zero-order chi connectivity index (χ0) is 20.4. The average molecular weight is 413 g/mol. The van der Waals surface area contributed by atoms with Gasteiger partial charge in [-0.15, -0.1) is 0 Å². The Kier molecular flexibility index (Phi) is 5.46. The number of benzene rings is 1. The number of pyridine rings is 1. The summed E-state index contributed by atoms with van der Waals surface area (Å²) in [6.07, 6.45) is 4.22. The van der Waals surface area contributed by atoms with Crippen molar-refractivity contribution in [2.75, 3.05) is 36.0 Å². The molecule has 2 aliphatic rings. The molecule has 1 atom stereocenters. The number of carbonyl (C=O) groups excluding carboxylic acids is 2. The van der Waals surface area contributed by atoms with Gasteiger partial charge < -0.3 is 15.1 Å². The van der Waals surface area contributed by atoms with Crippen LogP contribution in [0.4, 0.5) is 11.5 Å². The van der Waals surface area contributed by atoms with Crippen molar-refractivity contribution in [3.63, 3.8) is 0 Å². The Balaban J connectivity index is 1.52. The standard InChI is InChI=1S/C22H25ClN4O2/c1-2-24-20(28)16-8-9-19(25-14-16)26-12-5-10-22(15-26)11-13-27(21(22)29)18-7-4-3-6-17(18)23/h3-4,6-9,14H,2,5,10-13,15H2,1H3,(H,24,28)/t22-/m1/s1. The summed E-state index contributed by atoms with van der Waals surface area (Å²) in [4.78, 5) is 33.8. The number of aromatic nitrogens is 1. The van der Waals surface area contributed by atoms with Crippen LogP contribution < -0.4 is 15.1 Å². The maximum atomic E-state index is 13.4. The molecular formula is C22H25ClN4O2. The van der Waals surface area contributed by atoms with Crippen molar-refractivity contribution in [1.82, 2.24) is 10.3 Å². The molecule has 3 heterocycles. The molecule has 2 fully saturated rings. The molecule has 6 nitrogen and oxygen atoms in total. The lowest BCUT2D eigenvalue weighted by molar-refractivity contribution is -0.126. The van der Waals surface area contributed by atoms with E-state index in [1.54, 1.807) is 12.3 Å². The highest BCUT2D eigenvalue weighted by molar-refractivity contribution is 6.34. The van der Waals surface area contributed by atoms with E-state index in [2.05, 4.69) is 15.2 Å². The van der Waals surface area contributed by atoms with Crippen molar-refractivity contribution in [3.05, 3.63) is 53.2 Å². The van der Waals surface area contributed by atoms with Crippen LogP contribution in [0.2, 0.25) is 5.02 Å². The fraction of sp³-hybridized carbons (Fsp3) is 0.409. The first-order chi connectivity index (χ1) is 14.0. The van der Waals surface area contributed by atoms with Gasteiger partial charge in [-0.25, -0.2) is 4.98 Å². The van der Waals surface area contributed by atoms with Crippen LogP contribution in [0.15, 0.2) is 42.6 Å². The molecule has 0 bridgehead atoms. The second-order valence-electron chi connectivity index (χ2n) is 7.73. The Morgan fingerprint density at radius 2 is 2.03 bits per heavy atom. The molecule has 2 amide bonds. The van der Waals surface area contributed by atoms with Crippen molar-refractivity contribution in [1.29, 1.82) is 0 Å². The lowest BCUT2D eigenvalue weighted by atomic mass is 9.78. The normalized spacial score (nSPS) is 21.7. The highest BCUT2D eigenvalue weighted by Crippen LogP contribution is 2.43. The quantitative estimate of drug-likeness (QED) is 0.834. The minimum Gasteiger partial charge on any atom is -0.356 e. The van der Waals surface area contributed by atoms with Gasteiger partial charge in [-0.3, -0.25) is 9.59 Å². The molecule has 152 valence electrons. The number of carbonyl (C=O) groups is 2. The zero-order valence-electron chi connectivity index (χ0n) is 16.5. The molecule has 0 aliphatic carbocycles. The van der Waals surface area contributed by atoms with Gasteiger partial charge in [0.2, 0.25) is 5.91 Å². The lowest BCUT2D eigenvalue weighted by Gasteiger charge is -2.39. The molecular weight excluding hydrogens is 388 g/mol. The van der Waals surface area contributed by atoms with Crippen molar-refractivity contribution < 1.29 is 9.59 Å². The van der Waals surface area contributed by atoms with Gasteiger partial charge >= 0.3 is 0 Å². The molecule has 0 saturated carbocycles. The first-order valence-corrected chi connectivity index (χ1v) is 10.5. The van der Waals surface area contributed by atoms with E-state index >= 15 is 0 Å². The number of nitrogens with zero attached hydrogens (tertiary/aromatic N) is 3. The Morgan fingerprint density at radius 1 is 1.21 bits per heavy atom. The van der Waals surface area contributed by atoms with E-state index in [1.165, 1.54) is 0 Å². The van der Waals surface area contributed by atoms with Crippen molar-refractivity contribution >= 4 is 34.9 Å². The van der Waals surface area contributed by atoms with Gasteiger partial charge in [-0.1, -0.05) is 23.7 Å². The number of halogens is 1. The van der Waals surface area contributed by atoms with Gasteiger partial charge in [0.1, 0.15) is 5.82 Å². The SMILES string of the molecule is CCNC(=O)c1ccc(N2CCC[C@@]3(CCN(c4ccccc4Cl)C3=O)C2)nc1. The summed E-state index contributed by atoms with van der Waals surface area (Å²) in [5.41, 5.74) is 0.930. The lowest BCUT2D eigenvalue weighted by Crippen LogP contribution is -2.48. The Labute approximate surface area is 175 Å². The largest absolute Gasteiger partial charge is 0.356 e. The summed E-state index contributed by atoms with van der Waals surface area (Å²) in [6.45, 7) is 4.64. The number of rotatable bonds is 4. The van der Waals surface area contributed by atoms with E-state index in [-0.39, 0.29) is 11.8 Å². The molecule has 4 rings (SSSR count). The fourth-order valence-corrected chi connectivity index (χ4v) is 4.63. The van der Waals surface area contributed by atoms with E-state index in [1.807, 2.05) is 42.2 Å². The zero-order valence-corrected chi connectivity index (χ0v) is 17.3. The topological polar surface area (TPSA) is 65.5 Å². The first kappa shape index (κ1) is 19.7. The van der Waals surface area contributed by atoms with Gasteiger partial charge in [0.15, 0.2) is 0 Å². The van der Waals surface area contributed by atoms with E-state index in [4.69, 9.17) is 11.6 Å². The van der Waals surface area contributed by atoms with Crippen molar-refractivity contribution in [3.8, 4) is 0 Å². The van der Waals surface area contributed by atoms with Crippen molar-refractivity contribution in [2.45, 2.75) is 26.2 Å². The average Bonchev–Trinajstić information content (AvgIpc) is 3.04. The van der Waals surface area contributed by atoms with Crippen LogP contribution in [0.3, 0.4) is 0 Å². The molecule has 2 saturated heterocycles. The Hall–Kier alpha value is -2.60. The molecule has 7 heteroatoms. The summed E-state index contributed by atoms with van der Waals surface area (Å²) in [5, 5.41) is 3.38. The number of piperidine rings is 1. The van der Waals surface area contributed by atoms with Crippen LogP contribution in [0.5, 0.6) is 0 Å². The molecule has 1 spiro atoms. The second kappa shape index (κ2) is 8.03. The molecule has 0 unspecified atom stereocenters. The third-order valence-corrected chi connectivity index (χ3v) is 6.22. The summed E-state index contributed by atoms with van der Waals surface area (Å²) in [7, 11) is 0. The van der Waals surface area contributed by atoms with E-state index in [9.17, 15) is 9.59 Å². The summed E-state index contributed by atoms with van der Waals surface area (Å²) in [6, 6.07) is 11.2. The first-order valence-electron chi connectivity index (χ1n) is 10.1. The minimum atomic E-state index is -0.405. The maximum absolute atomic E-state index is 13.4. The third kappa shape index (κ3) is 3.69. The number of nitrogens with one attached hydrogen (secondary N) is 1. The second-order valence-corrected chi connectivity index (χ2v) is 8.14. The predicted octanol–water partition coefficient (Wildman–Crippen LogP) is 3.51. The number of para-hydroxylation sites is 1. The van der Waals surface area contributed by atoms with Gasteiger partial charge in [-0.2, -0.15) is 0 Å². The number of hydrogen-bond donors (Lipinski definition) is 1. The Morgan fingerprint density at radius 3 is 2.76 bits per heavy atom. The number of amides is 2. The molecule has 1 aromatic heterocycles. The van der Waals surface area contributed by atoms with Crippen LogP contribution >= 0.6 is 11.6 Å². The molecule has 2 aromatic rings. The Bertz CT molecular complexity index is 917. The smallest absolute Gasteiger partial charge is 0.252 e. The van der Waals surface area contributed by atoms with Crippen LogP contribution in [0, 0.1) is 5.41 Å². The molecule has 0 radical (unpaired) electrons. The maximum Gasteiger partial charge on any atom is 0.252 e. The van der Waals surface area contributed by atoms with Crippen LogP contribution in [0.25, 0.3) is 0 Å². The molecule has 1 aromatic carbocycles. The van der Waals surface area contributed by atoms with Crippen LogP contribution in [0.1, 0.15) is 36.5 Å². The molecule has 2 aliphatic heterocycles. The van der Waals surface area contributed by atoms with Crippen molar-refractivity contribution in [2.24, 2.45) is 5.41 Å². The fourth-order valence-electron chi connectivity index (χ4n) is 4.40. The predicted molar refractivity (Wildman–Crippen MR) is 115 cm³/mol. The number of anilines is 2. The molecule has 1 N–H and O–H groups in total. The van der Waals surface area contributed by atoms with E-state index < -0.39 is 5.41 Å². The van der Waals surface area contributed by atoms with Gasteiger partial charge in [0, 0.05) is 32.4 Å². The van der Waals surface area contributed by atoms with Crippen LogP contribution in [-0.2, 0) is 4.79 Å². The van der Waals surface area contributed by atoms with Gasteiger partial charge in [0.05, 0.1) is 21.7 Å². The minimum absolute atomic E-state index is 0.122. The van der Waals surface area contributed by atoms with Gasteiger partial charge in [-0.05, 0) is 50.5 Å². The summed E-state index contributed by atoms with van der Waals surface area (Å²) >= 11 is 6.34. The van der Waals surface area contributed by atoms with E-state index in [0.717, 1.165) is 37.3 Å². The molecule has 29 heavy (non-hydrogen) atoms. The van der Waals surface area contributed by atoms with Crippen LogP contribution in [-0.4, -0.2) is 43.0 Å². The van der Waals surface area contributed by atoms with E-state index in [0.29, 0.717) is 30.2 Å². The monoisotopic (exact) mass is 412 g/mol. The number of hydrogen-bond acceptors (Lipinski definition) is 4.